The minimum absolute atomic E-state index is 0.00400. The highest BCUT2D eigenvalue weighted by Gasteiger charge is 2.29. The number of carbonyl (C=O) groups excluding carboxylic acids is 1. The predicted molar refractivity (Wildman–Crippen MR) is 129 cm³/mol. The van der Waals surface area contributed by atoms with Gasteiger partial charge < -0.3 is 4.90 Å². The highest BCUT2D eigenvalue weighted by atomic mass is 16.2. The van der Waals surface area contributed by atoms with Gasteiger partial charge in [0, 0.05) is 31.5 Å². The summed E-state index contributed by atoms with van der Waals surface area (Å²) in [6.45, 7) is 5.69. The molecule has 34 heavy (non-hydrogen) atoms. The van der Waals surface area contributed by atoms with Gasteiger partial charge in [-0.2, -0.15) is 5.26 Å². The van der Waals surface area contributed by atoms with E-state index in [0.717, 1.165) is 50.1 Å². The third-order valence-electron chi connectivity index (χ3n) is 6.98. The molecule has 5 rings (SSSR count). The van der Waals surface area contributed by atoms with Crippen molar-refractivity contribution in [2.45, 2.75) is 38.6 Å². The van der Waals surface area contributed by atoms with Gasteiger partial charge in [-0.25, -0.2) is 9.67 Å². The molecule has 174 valence electrons. The molecule has 8 nitrogen and oxygen atoms in total. The fourth-order valence-electron chi connectivity index (χ4n) is 5.14. The monoisotopic (exact) mass is 456 g/mol. The summed E-state index contributed by atoms with van der Waals surface area (Å²) >= 11 is 0. The van der Waals surface area contributed by atoms with Gasteiger partial charge in [0.05, 0.1) is 22.8 Å². The number of aromatic amines is 1. The minimum atomic E-state index is -0.233. The van der Waals surface area contributed by atoms with E-state index in [1.54, 1.807) is 42.7 Å². The summed E-state index contributed by atoms with van der Waals surface area (Å²) < 4.78 is 1.37. The second kappa shape index (κ2) is 9.27. The molecule has 2 aromatic heterocycles. The van der Waals surface area contributed by atoms with Gasteiger partial charge in [-0.1, -0.05) is 6.07 Å². The Morgan fingerprint density at radius 1 is 1.12 bits per heavy atom. The molecule has 3 aromatic rings. The Bertz CT molecular complexity index is 1290. The van der Waals surface area contributed by atoms with Crippen molar-refractivity contribution in [1.29, 1.82) is 5.26 Å². The van der Waals surface area contributed by atoms with Crippen LogP contribution in [0.25, 0.3) is 16.9 Å². The van der Waals surface area contributed by atoms with Crippen LogP contribution in [-0.2, 0) is 0 Å². The van der Waals surface area contributed by atoms with Crippen LogP contribution in [0, 0.1) is 18.3 Å². The Kier molecular flexibility index (Phi) is 6.03. The third-order valence-corrected chi connectivity index (χ3v) is 6.98. The van der Waals surface area contributed by atoms with E-state index in [1.165, 1.54) is 17.5 Å². The van der Waals surface area contributed by atoms with Crippen LogP contribution < -0.4 is 5.56 Å². The number of carbonyl (C=O) groups is 1. The summed E-state index contributed by atoms with van der Waals surface area (Å²) in [5.41, 5.74) is 2.98. The normalized spacial score (nSPS) is 18.7. The molecule has 0 spiro atoms. The van der Waals surface area contributed by atoms with E-state index in [-0.39, 0.29) is 11.5 Å². The lowest BCUT2D eigenvalue weighted by molar-refractivity contribution is 0.0607. The fourth-order valence-corrected chi connectivity index (χ4v) is 5.14. The first-order valence-corrected chi connectivity index (χ1v) is 11.9. The number of nitrogens with one attached hydrogen (secondary N) is 1. The Labute approximate surface area is 198 Å². The van der Waals surface area contributed by atoms with E-state index in [4.69, 9.17) is 5.26 Å². The first-order valence-electron chi connectivity index (χ1n) is 11.9. The molecule has 1 amide bonds. The first kappa shape index (κ1) is 22.1. The molecule has 2 aliphatic heterocycles. The Hall–Kier alpha value is -3.70. The fraction of sp³-hybridized carbons (Fsp3) is 0.385. The Balaban J connectivity index is 1.33. The van der Waals surface area contributed by atoms with Crippen molar-refractivity contribution < 1.29 is 4.79 Å². The van der Waals surface area contributed by atoms with E-state index in [0.29, 0.717) is 28.6 Å². The molecule has 2 saturated heterocycles. The second-order valence-electron chi connectivity index (χ2n) is 9.16. The van der Waals surface area contributed by atoms with Crippen LogP contribution in [0.2, 0.25) is 0 Å². The van der Waals surface area contributed by atoms with Crippen molar-refractivity contribution in [3.63, 3.8) is 0 Å². The number of H-pyrrole nitrogens is 1. The van der Waals surface area contributed by atoms with Crippen molar-refractivity contribution >= 4 is 5.91 Å². The molecule has 4 heterocycles. The standard InChI is InChI=1S/C26H28N6O2/c1-18-13-19(14-27)6-8-22(18)23-16-29-32(26(23)34)24-9-7-20(15-28-24)25(33)31-12-4-5-21(17-31)30-10-2-3-11-30/h6-9,13,15-16,21,29H,2-5,10-12,17H2,1H3. The molecule has 0 bridgehead atoms. The maximum absolute atomic E-state index is 13.1. The molecular formula is C26H28N6O2. The summed E-state index contributed by atoms with van der Waals surface area (Å²) in [4.78, 5) is 35.0. The molecule has 0 radical (unpaired) electrons. The van der Waals surface area contributed by atoms with Crippen molar-refractivity contribution in [2.24, 2.45) is 0 Å². The number of piperidine rings is 1. The van der Waals surface area contributed by atoms with Crippen LogP contribution in [0.15, 0.2) is 47.5 Å². The number of pyridine rings is 1. The zero-order chi connectivity index (χ0) is 23.7. The zero-order valence-corrected chi connectivity index (χ0v) is 19.3. The number of rotatable bonds is 4. The number of nitriles is 1. The first-order chi connectivity index (χ1) is 16.5. The average Bonchev–Trinajstić information content (AvgIpc) is 3.54. The number of aromatic nitrogens is 3. The summed E-state index contributed by atoms with van der Waals surface area (Å²) in [6, 6.07) is 11.3. The number of hydrogen-bond donors (Lipinski definition) is 1. The van der Waals surface area contributed by atoms with E-state index >= 15 is 0 Å². The van der Waals surface area contributed by atoms with E-state index in [9.17, 15) is 9.59 Å². The maximum Gasteiger partial charge on any atom is 0.280 e. The van der Waals surface area contributed by atoms with Crippen molar-refractivity contribution in [3.05, 3.63) is 69.8 Å². The van der Waals surface area contributed by atoms with Gasteiger partial charge in [0.15, 0.2) is 5.82 Å². The molecule has 1 N–H and O–H groups in total. The lowest BCUT2D eigenvalue weighted by Gasteiger charge is -2.37. The van der Waals surface area contributed by atoms with Crippen LogP contribution in [-0.4, -0.2) is 62.7 Å². The molecule has 8 heteroatoms. The zero-order valence-electron chi connectivity index (χ0n) is 19.3. The lowest BCUT2D eigenvalue weighted by Crippen LogP contribution is -2.49. The highest BCUT2D eigenvalue weighted by molar-refractivity contribution is 5.94. The minimum Gasteiger partial charge on any atom is -0.337 e. The molecule has 1 atom stereocenters. The second-order valence-corrected chi connectivity index (χ2v) is 9.16. The van der Waals surface area contributed by atoms with Gasteiger partial charge in [0.1, 0.15) is 0 Å². The van der Waals surface area contributed by atoms with Gasteiger partial charge in [0.25, 0.3) is 11.5 Å². The summed E-state index contributed by atoms with van der Waals surface area (Å²) in [7, 11) is 0. The molecule has 2 fully saturated rings. The topological polar surface area (TPSA) is 98.0 Å². The number of likely N-dealkylation sites (tertiary alicyclic amines) is 2. The summed E-state index contributed by atoms with van der Waals surface area (Å²) in [5, 5.41) is 12.0. The Morgan fingerprint density at radius 2 is 1.94 bits per heavy atom. The van der Waals surface area contributed by atoms with Crippen LogP contribution in [0.4, 0.5) is 0 Å². The van der Waals surface area contributed by atoms with Crippen LogP contribution in [0.1, 0.15) is 47.2 Å². The third kappa shape index (κ3) is 4.15. The largest absolute Gasteiger partial charge is 0.337 e. The van der Waals surface area contributed by atoms with Gasteiger partial charge in [-0.15, -0.1) is 0 Å². The van der Waals surface area contributed by atoms with E-state index in [2.05, 4.69) is 21.1 Å². The van der Waals surface area contributed by atoms with Gasteiger partial charge in [-0.05, 0) is 81.1 Å². The van der Waals surface area contributed by atoms with Crippen LogP contribution in [0.3, 0.4) is 0 Å². The van der Waals surface area contributed by atoms with E-state index < -0.39 is 0 Å². The summed E-state index contributed by atoms with van der Waals surface area (Å²) in [5.74, 6) is 0.420. The average molecular weight is 457 g/mol. The van der Waals surface area contributed by atoms with Crippen molar-refractivity contribution in [3.8, 4) is 23.0 Å². The highest BCUT2D eigenvalue weighted by Crippen LogP contribution is 2.23. The van der Waals surface area contributed by atoms with E-state index in [1.807, 2.05) is 11.8 Å². The lowest BCUT2D eigenvalue weighted by atomic mass is 10.0. The number of nitrogens with zero attached hydrogens (tertiary/aromatic N) is 5. The molecule has 1 unspecified atom stereocenters. The molecule has 1 aromatic carbocycles. The number of amides is 1. The molecule has 2 aliphatic rings. The number of benzene rings is 1. The number of aryl methyl sites for hydroxylation is 1. The molecular weight excluding hydrogens is 428 g/mol. The van der Waals surface area contributed by atoms with Crippen LogP contribution >= 0.6 is 0 Å². The van der Waals surface area contributed by atoms with Crippen LogP contribution in [0.5, 0.6) is 0 Å². The molecule has 0 saturated carbocycles. The molecule has 0 aliphatic carbocycles. The Morgan fingerprint density at radius 3 is 2.65 bits per heavy atom. The van der Waals surface area contributed by atoms with Gasteiger partial charge >= 0.3 is 0 Å². The van der Waals surface area contributed by atoms with Crippen molar-refractivity contribution in [2.75, 3.05) is 26.2 Å². The smallest absolute Gasteiger partial charge is 0.280 e. The predicted octanol–water partition coefficient (Wildman–Crippen LogP) is 3.11. The quantitative estimate of drug-likeness (QED) is 0.651. The van der Waals surface area contributed by atoms with Gasteiger partial charge in [0.2, 0.25) is 0 Å². The summed E-state index contributed by atoms with van der Waals surface area (Å²) in [6.07, 6.45) is 7.87. The maximum atomic E-state index is 13.1. The number of hydrogen-bond acceptors (Lipinski definition) is 5. The van der Waals surface area contributed by atoms with Gasteiger partial charge in [-0.3, -0.25) is 19.6 Å². The van der Waals surface area contributed by atoms with Crippen molar-refractivity contribution in [1.82, 2.24) is 24.6 Å². The SMILES string of the molecule is Cc1cc(C#N)ccc1-c1c[nH]n(-c2ccc(C(=O)N3CCCC(N4CCCC4)C3)cn2)c1=O.